The Balaban J connectivity index is 1.67. The van der Waals surface area contributed by atoms with Crippen LogP contribution >= 0.6 is 23.2 Å². The normalized spacial score (nSPS) is 15.0. The maximum atomic E-state index is 6.26. The predicted molar refractivity (Wildman–Crippen MR) is 90.2 cm³/mol. The third-order valence-electron chi connectivity index (χ3n) is 4.20. The van der Waals surface area contributed by atoms with E-state index in [0.29, 0.717) is 5.02 Å². The van der Waals surface area contributed by atoms with Crippen LogP contribution < -0.4 is 5.32 Å². The lowest BCUT2D eigenvalue weighted by Crippen LogP contribution is -2.18. The van der Waals surface area contributed by atoms with Crippen LogP contribution in [0.3, 0.4) is 0 Å². The van der Waals surface area contributed by atoms with Gasteiger partial charge in [0.2, 0.25) is 0 Å². The Bertz CT molecular complexity index is 652. The molecule has 1 N–H and O–H groups in total. The van der Waals surface area contributed by atoms with Gasteiger partial charge in [0.15, 0.2) is 0 Å². The average molecular weight is 320 g/mol. The molecule has 1 aliphatic rings. The van der Waals surface area contributed by atoms with Gasteiger partial charge in [-0.15, -0.1) is 0 Å². The van der Waals surface area contributed by atoms with Crippen LogP contribution in [0.4, 0.5) is 0 Å². The lowest BCUT2D eigenvalue weighted by molar-refractivity contribution is 0.574. The highest BCUT2D eigenvalue weighted by atomic mass is 35.5. The van der Waals surface area contributed by atoms with Gasteiger partial charge in [0.25, 0.3) is 0 Å². The SMILES string of the molecule is CC(NCc1ccc2c(c1)CCC2)c1ccc(Cl)cc1Cl. The zero-order valence-corrected chi connectivity index (χ0v) is 13.6. The monoisotopic (exact) mass is 319 g/mol. The zero-order chi connectivity index (χ0) is 14.8. The molecule has 0 heterocycles. The molecule has 110 valence electrons. The Hall–Kier alpha value is -1.02. The van der Waals surface area contributed by atoms with Crippen molar-refractivity contribution in [3.05, 3.63) is 68.7 Å². The molecule has 2 aromatic carbocycles. The van der Waals surface area contributed by atoms with Gasteiger partial charge in [-0.05, 0) is 60.6 Å². The first-order valence-corrected chi connectivity index (χ1v) is 8.18. The number of hydrogen-bond acceptors (Lipinski definition) is 1. The minimum absolute atomic E-state index is 0.197. The molecule has 0 bridgehead atoms. The third-order valence-corrected chi connectivity index (χ3v) is 4.77. The number of benzene rings is 2. The Morgan fingerprint density at radius 2 is 1.86 bits per heavy atom. The molecule has 0 saturated carbocycles. The minimum Gasteiger partial charge on any atom is -0.306 e. The average Bonchev–Trinajstić information content (AvgIpc) is 2.92. The van der Waals surface area contributed by atoms with E-state index in [1.807, 2.05) is 12.1 Å². The molecular formula is C18H19Cl2N. The summed E-state index contributed by atoms with van der Waals surface area (Å²) in [5, 5.41) is 4.93. The fraction of sp³-hybridized carbons (Fsp3) is 0.333. The lowest BCUT2D eigenvalue weighted by Gasteiger charge is -2.16. The van der Waals surface area contributed by atoms with E-state index < -0.39 is 0 Å². The topological polar surface area (TPSA) is 12.0 Å². The maximum Gasteiger partial charge on any atom is 0.0468 e. The molecule has 0 saturated heterocycles. The summed E-state index contributed by atoms with van der Waals surface area (Å²) in [4.78, 5) is 0. The summed E-state index contributed by atoms with van der Waals surface area (Å²) in [7, 11) is 0. The number of hydrogen-bond donors (Lipinski definition) is 1. The number of halogens is 2. The molecule has 1 aliphatic carbocycles. The van der Waals surface area contributed by atoms with Gasteiger partial charge in [-0.2, -0.15) is 0 Å². The molecule has 1 unspecified atom stereocenters. The van der Waals surface area contributed by atoms with Crippen molar-refractivity contribution in [1.82, 2.24) is 5.32 Å². The Morgan fingerprint density at radius 1 is 1.05 bits per heavy atom. The van der Waals surface area contributed by atoms with Gasteiger partial charge in [0, 0.05) is 22.6 Å². The first-order valence-electron chi connectivity index (χ1n) is 7.42. The molecule has 0 spiro atoms. The lowest BCUT2D eigenvalue weighted by atomic mass is 10.1. The summed E-state index contributed by atoms with van der Waals surface area (Å²) in [6.07, 6.45) is 3.75. The fourth-order valence-electron chi connectivity index (χ4n) is 2.97. The molecule has 1 nitrogen and oxygen atoms in total. The Morgan fingerprint density at radius 3 is 2.67 bits per heavy atom. The van der Waals surface area contributed by atoms with Crippen LogP contribution in [0.15, 0.2) is 36.4 Å². The second-order valence-corrected chi connectivity index (χ2v) is 6.57. The molecule has 0 radical (unpaired) electrons. The predicted octanol–water partition coefficient (Wildman–Crippen LogP) is 5.33. The van der Waals surface area contributed by atoms with Gasteiger partial charge in [-0.1, -0.05) is 47.5 Å². The highest BCUT2D eigenvalue weighted by molar-refractivity contribution is 6.35. The summed E-state index contributed by atoms with van der Waals surface area (Å²) in [6, 6.07) is 12.7. The molecule has 1 atom stereocenters. The Kier molecular flexibility index (Phi) is 4.54. The molecule has 0 aliphatic heterocycles. The van der Waals surface area contributed by atoms with Crippen molar-refractivity contribution in [2.45, 2.75) is 38.8 Å². The van der Waals surface area contributed by atoms with Gasteiger partial charge in [-0.25, -0.2) is 0 Å². The molecule has 3 heteroatoms. The maximum absolute atomic E-state index is 6.26. The Labute approximate surface area is 136 Å². The second-order valence-electron chi connectivity index (χ2n) is 5.73. The fourth-order valence-corrected chi connectivity index (χ4v) is 3.54. The number of rotatable bonds is 4. The van der Waals surface area contributed by atoms with E-state index in [0.717, 1.165) is 17.1 Å². The van der Waals surface area contributed by atoms with Crippen molar-refractivity contribution in [1.29, 1.82) is 0 Å². The van der Waals surface area contributed by atoms with Gasteiger partial charge >= 0.3 is 0 Å². The smallest absolute Gasteiger partial charge is 0.0468 e. The molecule has 0 aromatic heterocycles. The first-order chi connectivity index (χ1) is 10.1. The summed E-state index contributed by atoms with van der Waals surface area (Å²) >= 11 is 12.2. The standard InChI is InChI=1S/C18H19Cl2N/c1-12(17-8-7-16(19)10-18(17)20)21-11-13-5-6-14-3-2-4-15(14)9-13/h5-10,12,21H,2-4,11H2,1H3. The molecule has 0 fully saturated rings. The molecule has 2 aromatic rings. The number of nitrogens with one attached hydrogen (secondary N) is 1. The van der Waals surface area contributed by atoms with Crippen molar-refractivity contribution >= 4 is 23.2 Å². The molecule has 3 rings (SSSR count). The zero-order valence-electron chi connectivity index (χ0n) is 12.1. The second kappa shape index (κ2) is 6.39. The van der Waals surface area contributed by atoms with Crippen molar-refractivity contribution in [2.24, 2.45) is 0 Å². The van der Waals surface area contributed by atoms with Crippen LogP contribution in [0, 0.1) is 0 Å². The van der Waals surface area contributed by atoms with E-state index in [1.54, 1.807) is 6.07 Å². The first kappa shape index (κ1) is 14.9. The van der Waals surface area contributed by atoms with E-state index in [2.05, 4.69) is 30.4 Å². The molecule has 21 heavy (non-hydrogen) atoms. The van der Waals surface area contributed by atoms with Crippen molar-refractivity contribution in [3.63, 3.8) is 0 Å². The van der Waals surface area contributed by atoms with Crippen LogP contribution in [-0.2, 0) is 19.4 Å². The van der Waals surface area contributed by atoms with Gasteiger partial charge < -0.3 is 5.32 Å². The molecular weight excluding hydrogens is 301 g/mol. The highest BCUT2D eigenvalue weighted by Gasteiger charge is 2.12. The summed E-state index contributed by atoms with van der Waals surface area (Å²) in [6.45, 7) is 2.98. The van der Waals surface area contributed by atoms with E-state index >= 15 is 0 Å². The van der Waals surface area contributed by atoms with E-state index in [-0.39, 0.29) is 6.04 Å². The highest BCUT2D eigenvalue weighted by Crippen LogP contribution is 2.27. The summed E-state index contributed by atoms with van der Waals surface area (Å²) in [5.41, 5.74) is 5.47. The van der Waals surface area contributed by atoms with E-state index in [9.17, 15) is 0 Å². The summed E-state index contributed by atoms with van der Waals surface area (Å²) in [5.74, 6) is 0. The quantitative estimate of drug-likeness (QED) is 0.802. The van der Waals surface area contributed by atoms with Crippen LogP contribution in [0.25, 0.3) is 0 Å². The third kappa shape index (κ3) is 3.42. The largest absolute Gasteiger partial charge is 0.306 e. The van der Waals surface area contributed by atoms with Crippen molar-refractivity contribution in [2.75, 3.05) is 0 Å². The molecule has 0 amide bonds. The van der Waals surface area contributed by atoms with Gasteiger partial charge in [0.05, 0.1) is 0 Å². The van der Waals surface area contributed by atoms with Crippen LogP contribution in [-0.4, -0.2) is 0 Å². The van der Waals surface area contributed by atoms with E-state index in [4.69, 9.17) is 23.2 Å². The van der Waals surface area contributed by atoms with Crippen LogP contribution in [0.5, 0.6) is 0 Å². The van der Waals surface area contributed by atoms with E-state index in [1.165, 1.54) is 36.0 Å². The summed E-state index contributed by atoms with van der Waals surface area (Å²) < 4.78 is 0. The van der Waals surface area contributed by atoms with Gasteiger partial charge in [-0.3, -0.25) is 0 Å². The number of fused-ring (bicyclic) bond motifs is 1. The van der Waals surface area contributed by atoms with Crippen LogP contribution in [0.2, 0.25) is 10.0 Å². The minimum atomic E-state index is 0.197. The van der Waals surface area contributed by atoms with Gasteiger partial charge in [0.1, 0.15) is 0 Å². The number of aryl methyl sites for hydroxylation is 2. The van der Waals surface area contributed by atoms with Crippen molar-refractivity contribution in [3.8, 4) is 0 Å². The van der Waals surface area contributed by atoms with Crippen molar-refractivity contribution < 1.29 is 0 Å². The van der Waals surface area contributed by atoms with Crippen LogP contribution in [0.1, 0.15) is 41.6 Å².